The molecule has 1 aromatic rings. The highest BCUT2D eigenvalue weighted by atomic mass is 16.3. The van der Waals surface area contributed by atoms with Crippen molar-refractivity contribution in [2.24, 2.45) is 5.41 Å². The van der Waals surface area contributed by atoms with E-state index in [0.717, 1.165) is 17.7 Å². The number of nitrogens with one attached hydrogen (secondary N) is 1. The van der Waals surface area contributed by atoms with Gasteiger partial charge in [-0.05, 0) is 48.8 Å². The lowest BCUT2D eigenvalue weighted by molar-refractivity contribution is 0.167. The van der Waals surface area contributed by atoms with Gasteiger partial charge in [0.1, 0.15) is 5.75 Å². The molecule has 0 spiro atoms. The number of hydrogen-bond acceptors (Lipinski definition) is 2. The molecule has 0 aliphatic heterocycles. The SMILES string of the molecule is Cc1cc(CNC2CCCCC2(C)C)cc(C)c1O. The molecule has 0 aromatic heterocycles. The number of phenols is 1. The summed E-state index contributed by atoms with van der Waals surface area (Å²) in [6, 6.07) is 4.78. The van der Waals surface area contributed by atoms with Gasteiger partial charge in [0.05, 0.1) is 0 Å². The highest BCUT2D eigenvalue weighted by Gasteiger charge is 2.31. The highest BCUT2D eigenvalue weighted by Crippen LogP contribution is 2.35. The normalized spacial score (nSPS) is 22.4. The van der Waals surface area contributed by atoms with Crippen LogP contribution in [0.25, 0.3) is 0 Å². The smallest absolute Gasteiger partial charge is 0.121 e. The minimum Gasteiger partial charge on any atom is -0.507 e. The van der Waals surface area contributed by atoms with Gasteiger partial charge < -0.3 is 10.4 Å². The molecular formula is C17H27NO. The Morgan fingerprint density at radius 3 is 2.42 bits per heavy atom. The average Bonchev–Trinajstić information content (AvgIpc) is 2.34. The van der Waals surface area contributed by atoms with Crippen molar-refractivity contribution in [3.63, 3.8) is 0 Å². The van der Waals surface area contributed by atoms with Gasteiger partial charge in [0.2, 0.25) is 0 Å². The Balaban J connectivity index is 2.02. The Morgan fingerprint density at radius 1 is 1.21 bits per heavy atom. The maximum atomic E-state index is 9.81. The molecule has 2 nitrogen and oxygen atoms in total. The van der Waals surface area contributed by atoms with Crippen LogP contribution in [-0.2, 0) is 6.54 Å². The van der Waals surface area contributed by atoms with Crippen LogP contribution in [0.1, 0.15) is 56.2 Å². The van der Waals surface area contributed by atoms with Crippen molar-refractivity contribution in [2.75, 3.05) is 0 Å². The van der Waals surface area contributed by atoms with E-state index in [4.69, 9.17) is 0 Å². The van der Waals surface area contributed by atoms with Gasteiger partial charge in [-0.15, -0.1) is 0 Å². The number of aromatic hydroxyl groups is 1. The third-order valence-corrected chi connectivity index (χ3v) is 4.61. The van der Waals surface area contributed by atoms with E-state index in [0.29, 0.717) is 17.2 Å². The van der Waals surface area contributed by atoms with Crippen molar-refractivity contribution < 1.29 is 5.11 Å². The molecule has 1 atom stereocenters. The van der Waals surface area contributed by atoms with Crippen LogP contribution >= 0.6 is 0 Å². The second-order valence-electron chi connectivity index (χ2n) is 6.75. The molecule has 0 heterocycles. The predicted octanol–water partition coefficient (Wildman–Crippen LogP) is 4.07. The van der Waals surface area contributed by atoms with Gasteiger partial charge in [0, 0.05) is 12.6 Å². The largest absolute Gasteiger partial charge is 0.507 e. The van der Waals surface area contributed by atoms with Crippen molar-refractivity contribution >= 4 is 0 Å². The first-order valence-corrected chi connectivity index (χ1v) is 7.42. The summed E-state index contributed by atoms with van der Waals surface area (Å²) < 4.78 is 0. The summed E-state index contributed by atoms with van der Waals surface area (Å²) in [5, 5.41) is 13.5. The number of phenolic OH excluding ortho intramolecular Hbond substituents is 1. The van der Waals surface area contributed by atoms with Crippen molar-refractivity contribution in [2.45, 2.75) is 66.0 Å². The van der Waals surface area contributed by atoms with Crippen LogP contribution in [0.5, 0.6) is 5.75 Å². The molecule has 1 saturated carbocycles. The quantitative estimate of drug-likeness (QED) is 0.859. The first kappa shape index (κ1) is 14.4. The summed E-state index contributed by atoms with van der Waals surface area (Å²) in [7, 11) is 0. The van der Waals surface area contributed by atoms with Crippen LogP contribution in [0, 0.1) is 19.3 Å². The first-order valence-electron chi connectivity index (χ1n) is 7.42. The maximum Gasteiger partial charge on any atom is 0.121 e. The van der Waals surface area contributed by atoms with E-state index in [1.165, 1.54) is 31.2 Å². The fourth-order valence-electron chi connectivity index (χ4n) is 3.26. The molecule has 2 N–H and O–H groups in total. The molecule has 1 unspecified atom stereocenters. The third kappa shape index (κ3) is 3.30. The van der Waals surface area contributed by atoms with Crippen LogP contribution in [0.15, 0.2) is 12.1 Å². The summed E-state index contributed by atoms with van der Waals surface area (Å²) in [6.45, 7) is 9.58. The summed E-state index contributed by atoms with van der Waals surface area (Å²) >= 11 is 0. The van der Waals surface area contributed by atoms with Crippen LogP contribution in [0.4, 0.5) is 0 Å². The van der Waals surface area contributed by atoms with Crippen LogP contribution < -0.4 is 5.32 Å². The molecule has 106 valence electrons. The standard InChI is InChI=1S/C17H27NO/c1-12-9-14(10-13(2)16(12)19)11-18-15-7-5-6-8-17(15,3)4/h9-10,15,18-19H,5-8,11H2,1-4H3. The molecule has 0 amide bonds. The Morgan fingerprint density at radius 2 is 1.84 bits per heavy atom. The van der Waals surface area contributed by atoms with Gasteiger partial charge in [-0.3, -0.25) is 0 Å². The van der Waals surface area contributed by atoms with Gasteiger partial charge in [-0.25, -0.2) is 0 Å². The highest BCUT2D eigenvalue weighted by molar-refractivity contribution is 5.42. The summed E-state index contributed by atoms with van der Waals surface area (Å²) in [4.78, 5) is 0. The minimum atomic E-state index is 0.402. The molecule has 2 rings (SSSR count). The van der Waals surface area contributed by atoms with Gasteiger partial charge in [0.15, 0.2) is 0 Å². The monoisotopic (exact) mass is 261 g/mol. The zero-order valence-electron chi connectivity index (χ0n) is 12.7. The zero-order chi connectivity index (χ0) is 14.0. The van der Waals surface area contributed by atoms with Gasteiger partial charge in [0.25, 0.3) is 0 Å². The fourth-order valence-corrected chi connectivity index (χ4v) is 3.26. The molecule has 1 aliphatic carbocycles. The Labute approximate surface area is 117 Å². The van der Waals surface area contributed by atoms with E-state index >= 15 is 0 Å². The molecular weight excluding hydrogens is 234 g/mol. The van der Waals surface area contributed by atoms with Crippen LogP contribution in [0.3, 0.4) is 0 Å². The molecule has 19 heavy (non-hydrogen) atoms. The lowest BCUT2D eigenvalue weighted by Gasteiger charge is -2.39. The van der Waals surface area contributed by atoms with Gasteiger partial charge in [-0.2, -0.15) is 0 Å². The number of benzene rings is 1. The molecule has 1 aromatic carbocycles. The predicted molar refractivity (Wildman–Crippen MR) is 80.5 cm³/mol. The number of rotatable bonds is 3. The summed E-state index contributed by atoms with van der Waals surface area (Å²) in [5.74, 6) is 0.432. The molecule has 0 saturated heterocycles. The van der Waals surface area contributed by atoms with E-state index in [9.17, 15) is 5.11 Å². The molecule has 1 aliphatic rings. The first-order chi connectivity index (χ1) is 8.90. The number of hydrogen-bond donors (Lipinski definition) is 2. The minimum absolute atomic E-state index is 0.402. The van der Waals surface area contributed by atoms with Crippen molar-refractivity contribution in [3.05, 3.63) is 28.8 Å². The Bertz CT molecular complexity index is 428. The van der Waals surface area contributed by atoms with E-state index in [-0.39, 0.29) is 0 Å². The maximum absolute atomic E-state index is 9.81. The molecule has 2 heteroatoms. The zero-order valence-corrected chi connectivity index (χ0v) is 12.7. The second-order valence-corrected chi connectivity index (χ2v) is 6.75. The van der Waals surface area contributed by atoms with Crippen LogP contribution in [-0.4, -0.2) is 11.1 Å². The molecule has 0 bridgehead atoms. The van der Waals surface area contributed by atoms with Crippen molar-refractivity contribution in [1.82, 2.24) is 5.32 Å². The average molecular weight is 261 g/mol. The van der Waals surface area contributed by atoms with Crippen molar-refractivity contribution in [3.8, 4) is 5.75 Å². The Kier molecular flexibility index (Phi) is 4.19. The van der Waals surface area contributed by atoms with Gasteiger partial charge in [-0.1, -0.05) is 38.8 Å². The number of aryl methyl sites for hydroxylation is 2. The lowest BCUT2D eigenvalue weighted by atomic mass is 9.73. The topological polar surface area (TPSA) is 32.3 Å². The van der Waals surface area contributed by atoms with E-state index < -0.39 is 0 Å². The second kappa shape index (κ2) is 5.54. The Hall–Kier alpha value is -1.02. The lowest BCUT2D eigenvalue weighted by Crippen LogP contribution is -2.43. The van der Waals surface area contributed by atoms with Crippen LogP contribution in [0.2, 0.25) is 0 Å². The molecule has 1 fully saturated rings. The van der Waals surface area contributed by atoms with E-state index in [1.807, 2.05) is 13.8 Å². The van der Waals surface area contributed by atoms with Gasteiger partial charge >= 0.3 is 0 Å². The summed E-state index contributed by atoms with van der Waals surface area (Å²) in [6.07, 6.45) is 5.30. The van der Waals surface area contributed by atoms with E-state index in [2.05, 4.69) is 31.3 Å². The molecule has 0 radical (unpaired) electrons. The fraction of sp³-hybridized carbons (Fsp3) is 0.647. The van der Waals surface area contributed by atoms with E-state index in [1.54, 1.807) is 0 Å². The summed E-state index contributed by atoms with van der Waals surface area (Å²) in [5.41, 5.74) is 3.62. The third-order valence-electron chi connectivity index (χ3n) is 4.61. The van der Waals surface area contributed by atoms with Crippen molar-refractivity contribution in [1.29, 1.82) is 0 Å².